The second-order valence-corrected chi connectivity index (χ2v) is 8.05. The van der Waals surface area contributed by atoms with Gasteiger partial charge >= 0.3 is 0 Å². The summed E-state index contributed by atoms with van der Waals surface area (Å²) in [7, 11) is 1.57. The molecule has 1 heterocycles. The number of hydrogen-bond donors (Lipinski definition) is 1. The Labute approximate surface area is 175 Å². The van der Waals surface area contributed by atoms with Gasteiger partial charge in [-0.2, -0.15) is 0 Å². The second-order valence-electron chi connectivity index (χ2n) is 5.41. The molecule has 1 saturated heterocycles. The zero-order chi connectivity index (χ0) is 19.2. The van der Waals surface area contributed by atoms with E-state index in [1.807, 2.05) is 36.4 Å². The maximum Gasteiger partial charge on any atom is 0.263 e. The highest BCUT2D eigenvalue weighted by atomic mass is 79.9. The van der Waals surface area contributed by atoms with Gasteiger partial charge in [0.1, 0.15) is 23.3 Å². The molecule has 1 N–H and O–H groups in total. The van der Waals surface area contributed by atoms with Crippen LogP contribution in [0.25, 0.3) is 6.08 Å². The summed E-state index contributed by atoms with van der Waals surface area (Å²) in [5, 5.41) is 2.59. The van der Waals surface area contributed by atoms with E-state index in [2.05, 4.69) is 21.2 Å². The molecule has 0 aromatic heterocycles. The number of thiocarbonyl (C=S) groups is 1. The van der Waals surface area contributed by atoms with Crippen molar-refractivity contribution in [1.29, 1.82) is 0 Å². The van der Waals surface area contributed by atoms with Gasteiger partial charge in [-0.25, -0.2) is 0 Å². The Bertz CT molecular complexity index is 884. The molecule has 0 radical (unpaired) electrons. The Hall–Kier alpha value is -2.03. The van der Waals surface area contributed by atoms with Gasteiger partial charge in [0.2, 0.25) is 0 Å². The van der Waals surface area contributed by atoms with Crippen LogP contribution in [-0.4, -0.2) is 30.6 Å². The number of nitrogens with one attached hydrogen (secondary N) is 1. The maximum atomic E-state index is 11.8. The smallest absolute Gasteiger partial charge is 0.263 e. The minimum absolute atomic E-state index is 0.186. The molecule has 0 saturated carbocycles. The first kappa shape index (κ1) is 19.7. The summed E-state index contributed by atoms with van der Waals surface area (Å²) in [4.78, 5) is 12.3. The lowest BCUT2D eigenvalue weighted by Gasteiger charge is -2.12. The molecule has 8 heteroatoms. The average Bonchev–Trinajstić information content (AvgIpc) is 2.98. The molecular formula is C19H16BrNO4S2. The van der Waals surface area contributed by atoms with Gasteiger partial charge in [-0.3, -0.25) is 4.79 Å². The van der Waals surface area contributed by atoms with E-state index < -0.39 is 0 Å². The van der Waals surface area contributed by atoms with Crippen LogP contribution < -0.4 is 19.5 Å². The molecule has 0 unspecified atom stereocenters. The van der Waals surface area contributed by atoms with E-state index in [9.17, 15) is 4.79 Å². The van der Waals surface area contributed by atoms with Crippen LogP contribution in [0, 0.1) is 0 Å². The van der Waals surface area contributed by atoms with Crippen LogP contribution in [0.3, 0.4) is 0 Å². The van der Waals surface area contributed by atoms with E-state index in [1.54, 1.807) is 19.3 Å². The number of methoxy groups -OCH3 is 1. The molecule has 5 nitrogen and oxygen atoms in total. The molecule has 0 aliphatic carbocycles. The molecule has 2 aromatic carbocycles. The van der Waals surface area contributed by atoms with Gasteiger partial charge in [-0.05, 0) is 48.0 Å². The normalized spacial score (nSPS) is 15.0. The highest BCUT2D eigenvalue weighted by Crippen LogP contribution is 2.31. The van der Waals surface area contributed by atoms with Crippen molar-refractivity contribution in [2.24, 2.45) is 0 Å². The quantitative estimate of drug-likeness (QED) is 0.371. The zero-order valence-corrected chi connectivity index (χ0v) is 17.6. The lowest BCUT2D eigenvalue weighted by Crippen LogP contribution is -2.17. The summed E-state index contributed by atoms with van der Waals surface area (Å²) >= 11 is 9.62. The van der Waals surface area contributed by atoms with Gasteiger partial charge in [0.05, 0.1) is 12.0 Å². The highest BCUT2D eigenvalue weighted by Gasteiger charge is 2.22. The first-order valence-corrected chi connectivity index (χ1v) is 10.0. The third-order valence-corrected chi connectivity index (χ3v) is 5.24. The number of halogens is 1. The van der Waals surface area contributed by atoms with Crippen molar-refractivity contribution in [3.05, 3.63) is 57.4 Å². The van der Waals surface area contributed by atoms with E-state index in [-0.39, 0.29) is 5.91 Å². The molecule has 140 valence electrons. The fraction of sp³-hybridized carbons (Fsp3) is 0.158. The Morgan fingerprint density at radius 3 is 2.52 bits per heavy atom. The fourth-order valence-electron chi connectivity index (χ4n) is 2.31. The van der Waals surface area contributed by atoms with Crippen LogP contribution >= 0.6 is 39.9 Å². The van der Waals surface area contributed by atoms with Crippen LogP contribution in [0.1, 0.15) is 5.56 Å². The summed E-state index contributed by atoms with van der Waals surface area (Å²) in [6.45, 7) is 0.782. The van der Waals surface area contributed by atoms with Crippen molar-refractivity contribution < 1.29 is 19.0 Å². The second kappa shape index (κ2) is 9.25. The van der Waals surface area contributed by atoms with Gasteiger partial charge in [0, 0.05) is 4.47 Å². The maximum absolute atomic E-state index is 11.8. The van der Waals surface area contributed by atoms with E-state index in [4.69, 9.17) is 26.4 Å². The van der Waals surface area contributed by atoms with Crippen molar-refractivity contribution in [3.63, 3.8) is 0 Å². The minimum Gasteiger partial charge on any atom is -0.493 e. The number of hydrogen-bond acceptors (Lipinski definition) is 6. The van der Waals surface area contributed by atoms with Gasteiger partial charge in [-0.15, -0.1) is 0 Å². The third-order valence-electron chi connectivity index (χ3n) is 3.55. The van der Waals surface area contributed by atoms with Crippen molar-refractivity contribution in [2.75, 3.05) is 20.3 Å². The Kier molecular flexibility index (Phi) is 6.76. The molecular weight excluding hydrogens is 450 g/mol. The summed E-state index contributed by atoms with van der Waals surface area (Å²) in [6.07, 6.45) is 1.77. The first-order valence-electron chi connectivity index (χ1n) is 7.99. The number of carbonyl (C=O) groups excluding carboxylic acids is 1. The van der Waals surface area contributed by atoms with Crippen LogP contribution in [-0.2, 0) is 4.79 Å². The predicted molar refractivity (Wildman–Crippen MR) is 114 cm³/mol. The highest BCUT2D eigenvalue weighted by molar-refractivity contribution is 9.10. The lowest BCUT2D eigenvalue weighted by atomic mass is 10.2. The Morgan fingerprint density at radius 2 is 1.85 bits per heavy atom. The van der Waals surface area contributed by atoms with E-state index in [0.29, 0.717) is 33.9 Å². The molecule has 1 aliphatic heterocycles. The van der Waals surface area contributed by atoms with Crippen LogP contribution in [0.2, 0.25) is 0 Å². The zero-order valence-electron chi connectivity index (χ0n) is 14.4. The minimum atomic E-state index is -0.186. The summed E-state index contributed by atoms with van der Waals surface area (Å²) < 4.78 is 18.2. The summed E-state index contributed by atoms with van der Waals surface area (Å²) in [5.41, 5.74) is 0.827. The van der Waals surface area contributed by atoms with Crippen molar-refractivity contribution in [2.45, 2.75) is 0 Å². The fourth-order valence-corrected chi connectivity index (χ4v) is 3.62. The van der Waals surface area contributed by atoms with E-state index in [1.165, 1.54) is 11.8 Å². The van der Waals surface area contributed by atoms with Gasteiger partial charge < -0.3 is 19.5 Å². The first-order chi connectivity index (χ1) is 13.0. The SMILES string of the molecule is COc1cc(C=C2SC(=S)NC2=O)ccc1OCCOc1ccc(Br)cc1. The van der Waals surface area contributed by atoms with Crippen molar-refractivity contribution in [3.8, 4) is 17.2 Å². The molecule has 1 aliphatic rings. The van der Waals surface area contributed by atoms with Crippen LogP contribution in [0.5, 0.6) is 17.2 Å². The molecule has 0 bridgehead atoms. The van der Waals surface area contributed by atoms with Crippen LogP contribution in [0.4, 0.5) is 0 Å². The number of amides is 1. The molecule has 1 fully saturated rings. The van der Waals surface area contributed by atoms with Crippen molar-refractivity contribution in [1.82, 2.24) is 5.32 Å². The molecule has 0 spiro atoms. The van der Waals surface area contributed by atoms with Crippen molar-refractivity contribution >= 4 is 56.2 Å². The Morgan fingerprint density at radius 1 is 1.11 bits per heavy atom. The standard InChI is InChI=1S/C19H16BrNO4S2/c1-23-16-10-12(11-17-18(22)21-19(26)27-17)2-7-15(16)25-9-8-24-14-5-3-13(20)4-6-14/h2-7,10-11H,8-9H2,1H3,(H,21,22,26). The summed E-state index contributed by atoms with van der Waals surface area (Å²) in [6, 6.07) is 13.1. The molecule has 27 heavy (non-hydrogen) atoms. The van der Waals surface area contributed by atoms with Gasteiger partial charge in [0.15, 0.2) is 11.5 Å². The van der Waals surface area contributed by atoms with Gasteiger partial charge in [-0.1, -0.05) is 46.0 Å². The largest absolute Gasteiger partial charge is 0.493 e. The van der Waals surface area contributed by atoms with Gasteiger partial charge in [0.25, 0.3) is 5.91 Å². The number of thioether (sulfide) groups is 1. The average molecular weight is 466 g/mol. The van der Waals surface area contributed by atoms with Crippen LogP contribution in [0.15, 0.2) is 51.8 Å². The number of carbonyl (C=O) groups is 1. The Balaban J connectivity index is 1.59. The molecule has 3 rings (SSSR count). The third kappa shape index (κ3) is 5.47. The number of ether oxygens (including phenoxy) is 3. The topological polar surface area (TPSA) is 56.8 Å². The lowest BCUT2D eigenvalue weighted by molar-refractivity contribution is -0.115. The monoisotopic (exact) mass is 465 g/mol. The number of rotatable bonds is 7. The van der Waals surface area contributed by atoms with E-state index in [0.717, 1.165) is 15.8 Å². The number of benzene rings is 2. The molecule has 2 aromatic rings. The molecule has 1 amide bonds. The van der Waals surface area contributed by atoms with E-state index >= 15 is 0 Å². The summed E-state index contributed by atoms with van der Waals surface area (Å²) in [5.74, 6) is 1.78. The molecule has 0 atom stereocenters. The predicted octanol–water partition coefficient (Wildman–Crippen LogP) is 4.40.